The molecule has 3 N–H and O–H groups in total. The Morgan fingerprint density at radius 3 is 2.70 bits per heavy atom. The Bertz CT molecular complexity index is 642. The molecule has 1 aromatic heterocycles. The number of rotatable bonds is 4. The zero-order valence-electron chi connectivity index (χ0n) is 10.3. The molecule has 1 amide bonds. The van der Waals surface area contributed by atoms with Crippen molar-refractivity contribution in [1.29, 1.82) is 0 Å². The summed E-state index contributed by atoms with van der Waals surface area (Å²) in [5, 5.41) is 4.64. The summed E-state index contributed by atoms with van der Waals surface area (Å²) in [5.74, 6) is -1.09. The van der Waals surface area contributed by atoms with Crippen molar-refractivity contribution in [2.75, 3.05) is 17.7 Å². The first-order chi connectivity index (χ1) is 9.58. The smallest absolute Gasteiger partial charge is 0.350 e. The monoisotopic (exact) mass is 310 g/mol. The van der Waals surface area contributed by atoms with Gasteiger partial charge in [-0.3, -0.25) is 4.79 Å². The molecule has 104 valence electrons. The molecular formula is C13H11ClN2O3S. The lowest BCUT2D eigenvalue weighted by Crippen LogP contribution is -2.21. The number of nitrogens with one attached hydrogen (secondary N) is 1. The number of ether oxygens (including phenoxy) is 1. The Labute approximate surface area is 124 Å². The van der Waals surface area contributed by atoms with Crippen molar-refractivity contribution < 1.29 is 14.3 Å². The SMILES string of the molecule is Nc1ccsc1C(=O)OCC(=O)Nc1ccccc1Cl. The maximum atomic E-state index is 11.7. The molecule has 2 aromatic rings. The van der Waals surface area contributed by atoms with Gasteiger partial charge in [0.05, 0.1) is 16.4 Å². The largest absolute Gasteiger partial charge is 0.451 e. The highest BCUT2D eigenvalue weighted by Gasteiger charge is 2.14. The number of benzene rings is 1. The van der Waals surface area contributed by atoms with Gasteiger partial charge in [0.25, 0.3) is 5.91 Å². The zero-order valence-corrected chi connectivity index (χ0v) is 11.8. The van der Waals surface area contributed by atoms with E-state index in [2.05, 4.69) is 5.32 Å². The van der Waals surface area contributed by atoms with Crippen molar-refractivity contribution in [2.45, 2.75) is 0 Å². The maximum absolute atomic E-state index is 11.7. The summed E-state index contributed by atoms with van der Waals surface area (Å²) in [6, 6.07) is 8.39. The first kappa shape index (κ1) is 14.4. The molecule has 20 heavy (non-hydrogen) atoms. The number of anilines is 2. The van der Waals surface area contributed by atoms with Crippen LogP contribution >= 0.6 is 22.9 Å². The van der Waals surface area contributed by atoms with E-state index < -0.39 is 18.5 Å². The second-order valence-corrected chi connectivity index (χ2v) is 5.13. The van der Waals surface area contributed by atoms with Gasteiger partial charge < -0.3 is 15.8 Å². The van der Waals surface area contributed by atoms with Gasteiger partial charge in [-0.1, -0.05) is 23.7 Å². The first-order valence-electron chi connectivity index (χ1n) is 5.62. The molecule has 0 aliphatic heterocycles. The van der Waals surface area contributed by atoms with E-state index >= 15 is 0 Å². The second-order valence-electron chi connectivity index (χ2n) is 3.81. The highest BCUT2D eigenvalue weighted by Crippen LogP contribution is 2.21. The molecule has 0 aliphatic rings. The lowest BCUT2D eigenvalue weighted by atomic mass is 10.3. The minimum absolute atomic E-state index is 0.288. The molecule has 0 aliphatic carbocycles. The van der Waals surface area contributed by atoms with E-state index in [1.54, 1.807) is 35.7 Å². The number of esters is 1. The first-order valence-corrected chi connectivity index (χ1v) is 6.88. The van der Waals surface area contributed by atoms with Crippen LogP contribution in [0.3, 0.4) is 0 Å². The number of thiophene rings is 1. The van der Waals surface area contributed by atoms with Gasteiger partial charge in [-0.05, 0) is 23.6 Å². The van der Waals surface area contributed by atoms with Crippen molar-refractivity contribution >= 4 is 46.2 Å². The molecule has 5 nitrogen and oxygen atoms in total. The molecule has 1 aromatic carbocycles. The molecule has 0 unspecified atom stereocenters. The molecule has 0 bridgehead atoms. The number of carbonyl (C=O) groups is 2. The molecule has 0 atom stereocenters. The lowest BCUT2D eigenvalue weighted by Gasteiger charge is -2.07. The van der Waals surface area contributed by atoms with Crippen molar-refractivity contribution in [2.24, 2.45) is 0 Å². The summed E-state index contributed by atoms with van der Waals surface area (Å²) >= 11 is 7.06. The fourth-order valence-corrected chi connectivity index (χ4v) is 2.32. The number of para-hydroxylation sites is 1. The van der Waals surface area contributed by atoms with Crippen LogP contribution in [0.15, 0.2) is 35.7 Å². The van der Waals surface area contributed by atoms with E-state index in [1.165, 1.54) is 0 Å². The summed E-state index contributed by atoms with van der Waals surface area (Å²) in [6.07, 6.45) is 0. The number of hydrogen-bond acceptors (Lipinski definition) is 5. The topological polar surface area (TPSA) is 81.4 Å². The van der Waals surface area contributed by atoms with Crippen LogP contribution in [0.25, 0.3) is 0 Å². The van der Waals surface area contributed by atoms with Gasteiger partial charge in [0.1, 0.15) is 4.88 Å². The number of amides is 1. The van der Waals surface area contributed by atoms with Gasteiger partial charge in [-0.2, -0.15) is 0 Å². The summed E-state index contributed by atoms with van der Waals surface area (Å²) < 4.78 is 4.88. The maximum Gasteiger partial charge on any atom is 0.350 e. The number of carbonyl (C=O) groups excluding carboxylic acids is 2. The third-order valence-electron chi connectivity index (χ3n) is 2.36. The van der Waals surface area contributed by atoms with Crippen molar-refractivity contribution in [1.82, 2.24) is 0 Å². The van der Waals surface area contributed by atoms with Crippen LogP contribution < -0.4 is 11.1 Å². The van der Waals surface area contributed by atoms with E-state index in [4.69, 9.17) is 22.1 Å². The quantitative estimate of drug-likeness (QED) is 0.851. The third-order valence-corrected chi connectivity index (χ3v) is 3.60. The summed E-state index contributed by atoms with van der Waals surface area (Å²) in [4.78, 5) is 23.6. The molecule has 0 radical (unpaired) electrons. The van der Waals surface area contributed by atoms with Crippen molar-refractivity contribution in [3.05, 3.63) is 45.6 Å². The fourth-order valence-electron chi connectivity index (χ4n) is 1.43. The predicted molar refractivity (Wildman–Crippen MR) is 79.1 cm³/mol. The normalized spacial score (nSPS) is 10.1. The van der Waals surface area contributed by atoms with Gasteiger partial charge >= 0.3 is 5.97 Å². The van der Waals surface area contributed by atoms with Gasteiger partial charge in [-0.25, -0.2) is 4.79 Å². The minimum Gasteiger partial charge on any atom is -0.451 e. The Hall–Kier alpha value is -2.05. The Balaban J connectivity index is 1.89. The van der Waals surface area contributed by atoms with E-state index in [0.29, 0.717) is 16.4 Å². The van der Waals surface area contributed by atoms with Gasteiger partial charge in [-0.15, -0.1) is 11.3 Å². The molecule has 7 heteroatoms. The predicted octanol–water partition coefficient (Wildman–Crippen LogP) is 2.78. The summed E-state index contributed by atoms with van der Waals surface area (Å²) in [6.45, 7) is -0.401. The van der Waals surface area contributed by atoms with E-state index in [-0.39, 0.29) is 4.88 Å². The van der Waals surface area contributed by atoms with E-state index in [1.807, 2.05) is 0 Å². The average molecular weight is 311 g/mol. The van der Waals surface area contributed by atoms with Crippen molar-refractivity contribution in [3.8, 4) is 0 Å². The highest BCUT2D eigenvalue weighted by atomic mass is 35.5. The van der Waals surface area contributed by atoms with Gasteiger partial charge in [0.2, 0.25) is 0 Å². The second kappa shape index (κ2) is 6.40. The number of hydrogen-bond donors (Lipinski definition) is 2. The third kappa shape index (κ3) is 3.49. The van der Waals surface area contributed by atoms with Gasteiger partial charge in [0.15, 0.2) is 6.61 Å². The molecule has 1 heterocycles. The Morgan fingerprint density at radius 2 is 2.05 bits per heavy atom. The fraction of sp³-hybridized carbons (Fsp3) is 0.0769. The van der Waals surface area contributed by atoms with Gasteiger partial charge in [0, 0.05) is 0 Å². The standard InChI is InChI=1S/C13H11ClN2O3S/c14-8-3-1-2-4-10(8)16-11(17)7-19-13(18)12-9(15)5-6-20-12/h1-6H,7,15H2,(H,16,17). The van der Waals surface area contributed by atoms with Crippen LogP contribution in [0.1, 0.15) is 9.67 Å². The zero-order chi connectivity index (χ0) is 14.5. The lowest BCUT2D eigenvalue weighted by molar-refractivity contribution is -0.119. The molecule has 0 spiro atoms. The van der Waals surface area contributed by atoms with Crippen LogP contribution in [0.2, 0.25) is 5.02 Å². The minimum atomic E-state index is -0.619. The van der Waals surface area contributed by atoms with Crippen LogP contribution in [0, 0.1) is 0 Å². The molecular weight excluding hydrogens is 300 g/mol. The highest BCUT2D eigenvalue weighted by molar-refractivity contribution is 7.12. The number of halogens is 1. The van der Waals surface area contributed by atoms with E-state index in [9.17, 15) is 9.59 Å². The summed E-state index contributed by atoms with van der Waals surface area (Å²) in [5.41, 5.74) is 6.39. The average Bonchev–Trinajstić information content (AvgIpc) is 2.85. The molecule has 0 fully saturated rings. The van der Waals surface area contributed by atoms with Crippen LogP contribution in [-0.2, 0) is 9.53 Å². The molecule has 2 rings (SSSR count). The van der Waals surface area contributed by atoms with E-state index in [0.717, 1.165) is 11.3 Å². The Morgan fingerprint density at radius 1 is 1.30 bits per heavy atom. The van der Waals surface area contributed by atoms with Crippen molar-refractivity contribution in [3.63, 3.8) is 0 Å². The van der Waals surface area contributed by atoms with Crippen LogP contribution in [0.4, 0.5) is 11.4 Å². The molecule has 0 saturated carbocycles. The van der Waals surface area contributed by atoms with Crippen LogP contribution in [-0.4, -0.2) is 18.5 Å². The number of nitrogens with two attached hydrogens (primary N) is 1. The number of nitrogen functional groups attached to an aromatic ring is 1. The molecule has 0 saturated heterocycles. The van der Waals surface area contributed by atoms with Crippen LogP contribution in [0.5, 0.6) is 0 Å². The summed E-state index contributed by atoms with van der Waals surface area (Å²) in [7, 11) is 0. The Kier molecular flexibility index (Phi) is 4.60.